The van der Waals surface area contributed by atoms with Gasteiger partial charge in [-0.3, -0.25) is 9.59 Å². The maximum Gasteiger partial charge on any atom is 0.573 e. The molecule has 25 heavy (non-hydrogen) atoms. The molecule has 0 saturated carbocycles. The minimum Gasteiger partial charge on any atom is -0.481 e. The predicted molar refractivity (Wildman–Crippen MR) is 74.8 cm³/mol. The van der Waals surface area contributed by atoms with Gasteiger partial charge in [-0.15, -0.1) is 13.2 Å². The number of carboxylic acids is 1. The number of rotatable bonds is 7. The largest absolute Gasteiger partial charge is 0.573 e. The van der Waals surface area contributed by atoms with Gasteiger partial charge in [0.25, 0.3) is 0 Å². The second kappa shape index (κ2) is 8.32. The summed E-state index contributed by atoms with van der Waals surface area (Å²) in [5, 5.41) is 10.9. The molecule has 0 radical (unpaired) electrons. The molecule has 0 fully saturated rings. The highest BCUT2D eigenvalue weighted by Gasteiger charge is 2.31. The summed E-state index contributed by atoms with van der Waals surface area (Å²) in [6, 6.07) is 2.74. The van der Waals surface area contributed by atoms with Crippen molar-refractivity contribution in [3.63, 3.8) is 0 Å². The molecule has 1 unspecified atom stereocenters. The molecule has 0 bridgehead atoms. The molecular formula is C13H11F6NO4S. The van der Waals surface area contributed by atoms with Gasteiger partial charge in [0.05, 0.1) is 18.2 Å². The van der Waals surface area contributed by atoms with Gasteiger partial charge in [0.15, 0.2) is 0 Å². The van der Waals surface area contributed by atoms with Crippen LogP contribution in [-0.2, 0) is 9.59 Å². The molecule has 0 saturated heterocycles. The molecule has 5 nitrogen and oxygen atoms in total. The number of hydrogen-bond acceptors (Lipinski definition) is 4. The third-order valence-corrected chi connectivity index (χ3v) is 3.33. The quantitative estimate of drug-likeness (QED) is 0.697. The Morgan fingerprint density at radius 3 is 2.12 bits per heavy atom. The fourth-order valence-electron chi connectivity index (χ4n) is 1.71. The Bertz CT molecular complexity index is 602. The third kappa shape index (κ3) is 9.08. The number of carboxylic acid groups (broad SMARTS) is 1. The first kappa shape index (κ1) is 20.9. The molecule has 0 heterocycles. The summed E-state index contributed by atoms with van der Waals surface area (Å²) in [5.74, 6) is -3.97. The van der Waals surface area contributed by atoms with Gasteiger partial charge in [-0.2, -0.15) is 13.2 Å². The van der Waals surface area contributed by atoms with Crippen molar-refractivity contribution in [2.45, 2.75) is 24.3 Å². The van der Waals surface area contributed by atoms with Crippen LogP contribution >= 0.6 is 11.8 Å². The summed E-state index contributed by atoms with van der Waals surface area (Å²) in [4.78, 5) is 22.3. The minimum atomic E-state index is -4.91. The van der Waals surface area contributed by atoms with Crippen LogP contribution in [0.25, 0.3) is 0 Å². The van der Waals surface area contributed by atoms with Crippen molar-refractivity contribution >= 4 is 23.6 Å². The van der Waals surface area contributed by atoms with Crippen molar-refractivity contribution in [2.24, 2.45) is 0 Å². The van der Waals surface area contributed by atoms with Crippen LogP contribution in [-0.4, -0.2) is 34.6 Å². The smallest absolute Gasteiger partial charge is 0.481 e. The van der Waals surface area contributed by atoms with Gasteiger partial charge >= 0.3 is 17.8 Å². The normalized spacial score (nSPS) is 13.2. The zero-order valence-electron chi connectivity index (χ0n) is 12.1. The topological polar surface area (TPSA) is 75.6 Å². The number of hydrogen-bond donors (Lipinski definition) is 2. The summed E-state index contributed by atoms with van der Waals surface area (Å²) < 4.78 is 76.0. The number of nitrogens with one attached hydrogen (secondary N) is 1. The van der Waals surface area contributed by atoms with Crippen molar-refractivity contribution in [3.8, 4) is 5.75 Å². The van der Waals surface area contributed by atoms with E-state index in [1.165, 1.54) is 0 Å². The van der Waals surface area contributed by atoms with Gasteiger partial charge in [-0.05, 0) is 29.5 Å². The van der Waals surface area contributed by atoms with E-state index < -0.39 is 59.5 Å². The van der Waals surface area contributed by atoms with E-state index in [1.54, 1.807) is 0 Å². The highest BCUT2D eigenvalue weighted by molar-refractivity contribution is 8.00. The Morgan fingerprint density at radius 2 is 1.68 bits per heavy atom. The Hall–Kier alpha value is -2.11. The lowest BCUT2D eigenvalue weighted by Gasteiger charge is -2.18. The number of alkyl halides is 6. The van der Waals surface area contributed by atoms with Gasteiger partial charge < -0.3 is 15.2 Å². The molecule has 0 aliphatic carbocycles. The van der Waals surface area contributed by atoms with Gasteiger partial charge in [0.1, 0.15) is 5.75 Å². The zero-order valence-corrected chi connectivity index (χ0v) is 13.0. The number of halogens is 6. The number of thioether (sulfide) groups is 1. The number of carbonyl (C=O) groups excluding carboxylic acids is 1. The first-order valence-electron chi connectivity index (χ1n) is 6.43. The number of aliphatic carboxylic acids is 1. The van der Waals surface area contributed by atoms with Crippen LogP contribution in [0.15, 0.2) is 24.3 Å². The Kier molecular flexibility index (Phi) is 6.96. The highest BCUT2D eigenvalue weighted by Crippen LogP contribution is 2.30. The Labute approximate surface area is 141 Å². The number of ether oxygens (including phenoxy) is 1. The molecular weight excluding hydrogens is 380 g/mol. The molecule has 1 atom stereocenters. The highest BCUT2D eigenvalue weighted by atomic mass is 32.2. The van der Waals surface area contributed by atoms with Crippen molar-refractivity contribution in [1.82, 2.24) is 5.32 Å². The van der Waals surface area contributed by atoms with Gasteiger partial charge in [-0.1, -0.05) is 12.1 Å². The second-order valence-corrected chi connectivity index (χ2v) is 5.61. The van der Waals surface area contributed by atoms with Crippen molar-refractivity contribution < 1.29 is 45.8 Å². The summed E-state index contributed by atoms with van der Waals surface area (Å²) in [5.41, 5.74) is -4.53. The molecule has 0 aliphatic rings. The molecule has 12 heteroatoms. The Morgan fingerprint density at radius 1 is 1.12 bits per heavy atom. The summed E-state index contributed by atoms with van der Waals surface area (Å²) in [7, 11) is 0. The van der Waals surface area contributed by atoms with Crippen molar-refractivity contribution in [2.75, 3.05) is 5.75 Å². The van der Waals surface area contributed by atoms with Crippen LogP contribution in [0.3, 0.4) is 0 Å². The molecule has 1 amide bonds. The van der Waals surface area contributed by atoms with E-state index in [0.29, 0.717) is 0 Å². The molecule has 0 spiro atoms. The maximum atomic E-state index is 12.1. The summed E-state index contributed by atoms with van der Waals surface area (Å²) in [6.07, 6.45) is -5.58. The zero-order chi connectivity index (χ0) is 19.3. The summed E-state index contributed by atoms with van der Waals surface area (Å²) >= 11 is -0.598. The van der Waals surface area contributed by atoms with Gasteiger partial charge in [0, 0.05) is 0 Å². The lowest BCUT2D eigenvalue weighted by atomic mass is 10.0. The lowest BCUT2D eigenvalue weighted by molar-refractivity contribution is -0.274. The van der Waals surface area contributed by atoms with E-state index in [4.69, 9.17) is 5.11 Å². The maximum absolute atomic E-state index is 12.1. The molecule has 2 N–H and O–H groups in total. The van der Waals surface area contributed by atoms with E-state index in [-0.39, 0.29) is 5.56 Å². The molecule has 1 aromatic rings. The number of benzene rings is 1. The SMILES string of the molecule is O=C(O)CC(NC(=O)CSC(F)(F)F)c1ccc(OC(F)(F)F)cc1. The van der Waals surface area contributed by atoms with Crippen LogP contribution in [0.2, 0.25) is 0 Å². The van der Waals surface area contributed by atoms with E-state index in [0.717, 1.165) is 24.3 Å². The molecule has 1 aromatic carbocycles. The number of carbonyl (C=O) groups is 2. The van der Waals surface area contributed by atoms with E-state index in [1.807, 2.05) is 0 Å². The monoisotopic (exact) mass is 391 g/mol. The van der Waals surface area contributed by atoms with E-state index in [2.05, 4.69) is 10.1 Å². The fourth-order valence-corrected chi connectivity index (χ4v) is 2.09. The summed E-state index contributed by atoms with van der Waals surface area (Å²) in [6.45, 7) is 0. The second-order valence-electron chi connectivity index (χ2n) is 4.57. The third-order valence-electron chi connectivity index (χ3n) is 2.60. The predicted octanol–water partition coefficient (Wildman–Crippen LogP) is 3.47. The fraction of sp³-hybridized carbons (Fsp3) is 0.385. The standard InChI is InChI=1S/C13H11F6NO4S/c14-12(15,16)24-8-3-1-7(2-4-8)9(5-11(22)23)20-10(21)6-25-13(17,18)19/h1-4,9H,5-6H2,(H,20,21)(H,22,23). The lowest BCUT2D eigenvalue weighted by Crippen LogP contribution is -2.32. The average Bonchev–Trinajstić information content (AvgIpc) is 2.42. The van der Waals surface area contributed by atoms with Crippen LogP contribution in [0.4, 0.5) is 26.3 Å². The number of amides is 1. The average molecular weight is 391 g/mol. The van der Waals surface area contributed by atoms with Crippen molar-refractivity contribution in [3.05, 3.63) is 29.8 Å². The van der Waals surface area contributed by atoms with E-state index in [9.17, 15) is 35.9 Å². The first-order chi connectivity index (χ1) is 11.4. The van der Waals surface area contributed by atoms with Crippen molar-refractivity contribution in [1.29, 1.82) is 0 Å². The first-order valence-corrected chi connectivity index (χ1v) is 7.42. The molecule has 0 aromatic heterocycles. The minimum absolute atomic E-state index is 0.0993. The molecule has 1 rings (SSSR count). The van der Waals surface area contributed by atoms with E-state index >= 15 is 0 Å². The molecule has 0 aliphatic heterocycles. The molecule has 140 valence electrons. The van der Waals surface area contributed by atoms with Crippen LogP contribution in [0.5, 0.6) is 5.75 Å². The van der Waals surface area contributed by atoms with Gasteiger partial charge in [0.2, 0.25) is 5.91 Å². The van der Waals surface area contributed by atoms with Gasteiger partial charge in [-0.25, -0.2) is 0 Å². The van der Waals surface area contributed by atoms with Crippen LogP contribution in [0.1, 0.15) is 18.0 Å². The van der Waals surface area contributed by atoms with Crippen LogP contribution in [0, 0.1) is 0 Å². The van der Waals surface area contributed by atoms with Crippen LogP contribution < -0.4 is 10.1 Å². The Balaban J connectivity index is 2.81.